The van der Waals surface area contributed by atoms with Crippen molar-refractivity contribution in [1.29, 1.82) is 0 Å². The molecule has 0 saturated heterocycles. The normalized spacial score (nSPS) is 9.00. The Hall–Kier alpha value is -0.760. The molecule has 0 aliphatic carbocycles. The lowest BCUT2D eigenvalue weighted by molar-refractivity contribution is 1.58. The highest BCUT2D eigenvalue weighted by Crippen LogP contribution is 2.22. The molecule has 0 amide bonds. The molecule has 1 aromatic rings. The second kappa shape index (κ2) is 2.69. The zero-order valence-corrected chi connectivity index (χ0v) is 6.16. The minimum atomic E-state index is 1.18. The summed E-state index contributed by atoms with van der Waals surface area (Å²) in [6.45, 7) is 3.68. The molecule has 0 unspecified atom stereocenters. The Morgan fingerprint density at radius 3 is 3.00 bits per heavy atom. The van der Waals surface area contributed by atoms with Crippen LogP contribution in [0.3, 0.4) is 0 Å². The molecule has 2 heteroatoms. The van der Waals surface area contributed by atoms with Crippen molar-refractivity contribution >= 4 is 22.4 Å². The van der Waals surface area contributed by atoms with E-state index in [1.165, 1.54) is 10.6 Å². The Bertz CT molecular complexity index is 202. The van der Waals surface area contributed by atoms with Crippen LogP contribution in [0, 0.1) is 0 Å². The summed E-state index contributed by atoms with van der Waals surface area (Å²) in [5.74, 6) is 0. The zero-order chi connectivity index (χ0) is 6.69. The van der Waals surface area contributed by atoms with Crippen molar-refractivity contribution < 1.29 is 0 Å². The first-order valence-electron chi connectivity index (χ1n) is 2.76. The predicted octanol–water partition coefficient (Wildman–Crippen LogP) is 2.43. The van der Waals surface area contributed by atoms with E-state index in [1.54, 1.807) is 11.3 Å². The average Bonchev–Trinajstić information content (AvgIpc) is 2.33. The van der Waals surface area contributed by atoms with E-state index in [4.69, 9.17) is 0 Å². The molecule has 1 rings (SSSR count). The van der Waals surface area contributed by atoms with Gasteiger partial charge in [-0.3, -0.25) is 0 Å². The molecule has 0 aliphatic heterocycles. The van der Waals surface area contributed by atoms with Crippen molar-refractivity contribution in [2.45, 2.75) is 0 Å². The van der Waals surface area contributed by atoms with Gasteiger partial charge >= 0.3 is 0 Å². The molecule has 0 radical (unpaired) electrons. The Balaban J connectivity index is 2.98. The Kier molecular flexibility index (Phi) is 1.90. The van der Waals surface area contributed by atoms with E-state index < -0.39 is 0 Å². The zero-order valence-electron chi connectivity index (χ0n) is 5.35. The molecular formula is C7H9NS. The van der Waals surface area contributed by atoms with Crippen LogP contribution in [0.5, 0.6) is 0 Å². The summed E-state index contributed by atoms with van der Waals surface area (Å²) in [7, 11) is 1.92. The van der Waals surface area contributed by atoms with Crippen LogP contribution in [0.15, 0.2) is 18.0 Å². The third-order valence-corrected chi connectivity index (χ3v) is 2.09. The summed E-state index contributed by atoms with van der Waals surface area (Å²) in [6, 6.07) is 2.05. The minimum absolute atomic E-state index is 1.18. The topological polar surface area (TPSA) is 12.0 Å². The Morgan fingerprint density at radius 1 is 1.78 bits per heavy atom. The highest BCUT2D eigenvalue weighted by molar-refractivity contribution is 7.14. The first-order valence-corrected chi connectivity index (χ1v) is 3.64. The quantitative estimate of drug-likeness (QED) is 0.663. The van der Waals surface area contributed by atoms with E-state index in [0.717, 1.165) is 0 Å². The van der Waals surface area contributed by atoms with Gasteiger partial charge < -0.3 is 5.32 Å². The lowest BCUT2D eigenvalue weighted by atomic mass is 10.3. The van der Waals surface area contributed by atoms with Gasteiger partial charge in [-0.05, 0) is 11.4 Å². The Morgan fingerprint density at radius 2 is 2.56 bits per heavy atom. The standard InChI is InChI=1S/C7H9NS/c1-3-6-4-5-9-7(6)8-2/h3-5,8H,1H2,2H3. The molecule has 0 aromatic carbocycles. The van der Waals surface area contributed by atoms with Gasteiger partial charge in [-0.25, -0.2) is 0 Å². The minimum Gasteiger partial charge on any atom is -0.380 e. The molecule has 9 heavy (non-hydrogen) atoms. The maximum absolute atomic E-state index is 3.68. The van der Waals surface area contributed by atoms with Crippen LogP contribution in [0.25, 0.3) is 6.08 Å². The number of hydrogen-bond donors (Lipinski definition) is 1. The van der Waals surface area contributed by atoms with Crippen LogP contribution < -0.4 is 5.32 Å². The average molecular weight is 139 g/mol. The maximum Gasteiger partial charge on any atom is 0.0953 e. The summed E-state index contributed by atoms with van der Waals surface area (Å²) >= 11 is 1.69. The molecule has 1 aromatic heterocycles. The molecule has 48 valence electrons. The third kappa shape index (κ3) is 1.13. The molecular weight excluding hydrogens is 130 g/mol. The van der Waals surface area contributed by atoms with Gasteiger partial charge in [-0.2, -0.15) is 0 Å². The molecule has 0 fully saturated rings. The number of thiophene rings is 1. The lowest BCUT2D eigenvalue weighted by Crippen LogP contribution is -1.84. The highest BCUT2D eigenvalue weighted by Gasteiger charge is 1.94. The summed E-state index contributed by atoms with van der Waals surface area (Å²) < 4.78 is 0. The molecule has 0 spiro atoms. The summed E-state index contributed by atoms with van der Waals surface area (Å²) in [4.78, 5) is 0. The van der Waals surface area contributed by atoms with Crippen LogP contribution in [-0.2, 0) is 0 Å². The van der Waals surface area contributed by atoms with Crippen LogP contribution in [-0.4, -0.2) is 7.05 Å². The molecule has 1 heterocycles. The molecule has 0 atom stereocenters. The fourth-order valence-corrected chi connectivity index (χ4v) is 1.44. The SMILES string of the molecule is C=Cc1ccsc1NC. The van der Waals surface area contributed by atoms with Crippen LogP contribution in [0.2, 0.25) is 0 Å². The molecule has 0 bridgehead atoms. The third-order valence-electron chi connectivity index (χ3n) is 1.14. The number of hydrogen-bond acceptors (Lipinski definition) is 2. The van der Waals surface area contributed by atoms with E-state index in [-0.39, 0.29) is 0 Å². The number of nitrogens with one attached hydrogen (secondary N) is 1. The number of anilines is 1. The fraction of sp³-hybridized carbons (Fsp3) is 0.143. The van der Waals surface area contributed by atoms with Gasteiger partial charge in [0.05, 0.1) is 5.00 Å². The Labute approximate surface area is 59.0 Å². The van der Waals surface area contributed by atoms with Gasteiger partial charge in [-0.1, -0.05) is 12.7 Å². The van der Waals surface area contributed by atoms with Crippen LogP contribution in [0.1, 0.15) is 5.56 Å². The van der Waals surface area contributed by atoms with Crippen molar-refractivity contribution in [3.05, 3.63) is 23.6 Å². The van der Waals surface area contributed by atoms with Gasteiger partial charge in [0.25, 0.3) is 0 Å². The van der Waals surface area contributed by atoms with Crippen LogP contribution in [0.4, 0.5) is 5.00 Å². The van der Waals surface area contributed by atoms with Crippen molar-refractivity contribution in [3.8, 4) is 0 Å². The molecule has 1 N–H and O–H groups in total. The van der Waals surface area contributed by atoms with E-state index in [1.807, 2.05) is 24.6 Å². The van der Waals surface area contributed by atoms with Gasteiger partial charge in [0.1, 0.15) is 0 Å². The smallest absolute Gasteiger partial charge is 0.0953 e. The summed E-state index contributed by atoms with van der Waals surface area (Å²) in [5.41, 5.74) is 1.18. The summed E-state index contributed by atoms with van der Waals surface area (Å²) in [6.07, 6.45) is 1.85. The van der Waals surface area contributed by atoms with Gasteiger partial charge in [0, 0.05) is 12.6 Å². The highest BCUT2D eigenvalue weighted by atomic mass is 32.1. The van der Waals surface area contributed by atoms with Gasteiger partial charge in [0.15, 0.2) is 0 Å². The maximum atomic E-state index is 3.68. The number of rotatable bonds is 2. The van der Waals surface area contributed by atoms with Crippen molar-refractivity contribution in [1.82, 2.24) is 0 Å². The predicted molar refractivity (Wildman–Crippen MR) is 44.0 cm³/mol. The molecule has 0 saturated carbocycles. The van der Waals surface area contributed by atoms with E-state index in [0.29, 0.717) is 0 Å². The summed E-state index contributed by atoms with van der Waals surface area (Å²) in [5, 5.41) is 6.30. The van der Waals surface area contributed by atoms with Crippen molar-refractivity contribution in [3.63, 3.8) is 0 Å². The van der Waals surface area contributed by atoms with E-state index in [9.17, 15) is 0 Å². The van der Waals surface area contributed by atoms with Crippen molar-refractivity contribution in [2.24, 2.45) is 0 Å². The second-order valence-electron chi connectivity index (χ2n) is 1.66. The van der Waals surface area contributed by atoms with Crippen LogP contribution >= 0.6 is 11.3 Å². The fourth-order valence-electron chi connectivity index (χ4n) is 0.683. The van der Waals surface area contributed by atoms with E-state index >= 15 is 0 Å². The molecule has 1 nitrogen and oxygen atoms in total. The first kappa shape index (κ1) is 6.36. The van der Waals surface area contributed by atoms with Crippen molar-refractivity contribution in [2.75, 3.05) is 12.4 Å². The first-order chi connectivity index (χ1) is 4.38. The van der Waals surface area contributed by atoms with Gasteiger partial charge in [0.2, 0.25) is 0 Å². The van der Waals surface area contributed by atoms with E-state index in [2.05, 4.69) is 11.9 Å². The van der Waals surface area contributed by atoms with Gasteiger partial charge in [-0.15, -0.1) is 11.3 Å². The lowest BCUT2D eigenvalue weighted by Gasteiger charge is -1.93. The molecule has 0 aliphatic rings. The second-order valence-corrected chi connectivity index (χ2v) is 2.58. The monoisotopic (exact) mass is 139 g/mol. The largest absolute Gasteiger partial charge is 0.380 e.